The van der Waals surface area contributed by atoms with Gasteiger partial charge in [0, 0.05) is 13.1 Å². The summed E-state index contributed by atoms with van der Waals surface area (Å²) in [6.07, 6.45) is 1.11. The van der Waals surface area contributed by atoms with E-state index in [1.807, 2.05) is 0 Å². The largest absolute Gasteiger partial charge is 0.395 e. The van der Waals surface area contributed by atoms with E-state index in [9.17, 15) is 0 Å². The van der Waals surface area contributed by atoms with Crippen molar-refractivity contribution in [3.63, 3.8) is 0 Å². The van der Waals surface area contributed by atoms with Crippen LogP contribution in [0.5, 0.6) is 0 Å². The van der Waals surface area contributed by atoms with E-state index in [1.165, 1.54) is 0 Å². The number of aliphatic hydroxyl groups excluding tert-OH is 1. The molecule has 3 N–H and O–H groups in total. The molecule has 0 aromatic heterocycles. The molecular weight excluding hydrogens is 104 g/mol. The predicted octanol–water partition coefficient (Wildman–Crippen LogP) is -0.517. The van der Waals surface area contributed by atoms with Gasteiger partial charge in [0.2, 0.25) is 0 Å². The number of hydrazine groups is 1. The second kappa shape index (κ2) is 6.88. The summed E-state index contributed by atoms with van der Waals surface area (Å²) in [5.74, 6) is 0. The van der Waals surface area contributed by atoms with Crippen molar-refractivity contribution in [3.05, 3.63) is 0 Å². The van der Waals surface area contributed by atoms with E-state index in [0.29, 0.717) is 6.54 Å². The van der Waals surface area contributed by atoms with Gasteiger partial charge in [-0.25, -0.2) is 0 Å². The zero-order chi connectivity index (χ0) is 6.24. The number of rotatable bonds is 5. The first-order chi connectivity index (χ1) is 3.91. The molecule has 3 heteroatoms. The lowest BCUT2D eigenvalue weighted by Gasteiger charge is -2.00. The average Bonchev–Trinajstić information content (AvgIpc) is 1.81. The van der Waals surface area contributed by atoms with E-state index in [0.717, 1.165) is 13.0 Å². The molecule has 0 aromatic carbocycles. The topological polar surface area (TPSA) is 44.3 Å². The van der Waals surface area contributed by atoms with E-state index in [4.69, 9.17) is 5.11 Å². The van der Waals surface area contributed by atoms with E-state index in [1.54, 1.807) is 0 Å². The Morgan fingerprint density at radius 3 is 2.38 bits per heavy atom. The molecule has 0 aliphatic carbocycles. The SMILES string of the molecule is CCCNNCCO. The van der Waals surface area contributed by atoms with Crippen LogP contribution in [-0.4, -0.2) is 24.8 Å². The maximum Gasteiger partial charge on any atom is 0.0569 e. The van der Waals surface area contributed by atoms with Gasteiger partial charge in [0.1, 0.15) is 0 Å². The smallest absolute Gasteiger partial charge is 0.0569 e. The Morgan fingerprint density at radius 2 is 1.88 bits per heavy atom. The summed E-state index contributed by atoms with van der Waals surface area (Å²) in [6.45, 7) is 3.87. The number of hydrogen-bond donors (Lipinski definition) is 3. The van der Waals surface area contributed by atoms with E-state index in [2.05, 4.69) is 17.8 Å². The van der Waals surface area contributed by atoms with Crippen LogP contribution in [0.4, 0.5) is 0 Å². The first-order valence-corrected chi connectivity index (χ1v) is 2.98. The predicted molar refractivity (Wildman–Crippen MR) is 33.4 cm³/mol. The summed E-state index contributed by atoms with van der Waals surface area (Å²) >= 11 is 0. The first-order valence-electron chi connectivity index (χ1n) is 2.98. The van der Waals surface area contributed by atoms with Crippen molar-refractivity contribution in [1.82, 2.24) is 10.9 Å². The molecule has 0 unspecified atom stereocenters. The molecule has 3 nitrogen and oxygen atoms in total. The Kier molecular flexibility index (Phi) is 6.78. The van der Waals surface area contributed by atoms with Gasteiger partial charge in [0.05, 0.1) is 6.61 Å². The monoisotopic (exact) mass is 118 g/mol. The molecule has 0 bridgehead atoms. The lowest BCUT2D eigenvalue weighted by atomic mass is 10.5. The zero-order valence-corrected chi connectivity index (χ0v) is 5.28. The maximum absolute atomic E-state index is 8.26. The number of nitrogens with one attached hydrogen (secondary N) is 2. The molecule has 0 atom stereocenters. The Balaban J connectivity index is 2.53. The molecule has 0 amide bonds. The molecule has 0 spiro atoms. The van der Waals surface area contributed by atoms with E-state index < -0.39 is 0 Å². The molecule has 0 saturated heterocycles. The first kappa shape index (κ1) is 7.88. The number of hydrogen-bond acceptors (Lipinski definition) is 3. The molecular formula is C5H14N2O. The Bertz CT molecular complexity index is 35.4. The zero-order valence-electron chi connectivity index (χ0n) is 5.28. The standard InChI is InChI=1S/C5H14N2O/c1-2-3-6-7-4-5-8/h6-8H,2-5H2,1H3. The van der Waals surface area contributed by atoms with Crippen molar-refractivity contribution in [1.29, 1.82) is 0 Å². The fraction of sp³-hybridized carbons (Fsp3) is 1.00. The van der Waals surface area contributed by atoms with Crippen molar-refractivity contribution in [2.45, 2.75) is 13.3 Å². The lowest BCUT2D eigenvalue weighted by Crippen LogP contribution is -2.34. The van der Waals surface area contributed by atoms with Gasteiger partial charge in [-0.2, -0.15) is 0 Å². The Labute approximate surface area is 50.1 Å². The molecule has 0 aliphatic heterocycles. The van der Waals surface area contributed by atoms with E-state index >= 15 is 0 Å². The van der Waals surface area contributed by atoms with Crippen LogP contribution >= 0.6 is 0 Å². The summed E-state index contributed by atoms with van der Waals surface area (Å²) in [5.41, 5.74) is 5.76. The third-order valence-corrected chi connectivity index (χ3v) is 0.737. The fourth-order valence-corrected chi connectivity index (χ4v) is 0.358. The van der Waals surface area contributed by atoms with Crippen LogP contribution in [0.3, 0.4) is 0 Å². The van der Waals surface area contributed by atoms with Gasteiger partial charge in [0.15, 0.2) is 0 Å². The van der Waals surface area contributed by atoms with Crippen molar-refractivity contribution in [2.75, 3.05) is 19.7 Å². The van der Waals surface area contributed by atoms with Crippen LogP contribution < -0.4 is 10.9 Å². The quantitative estimate of drug-likeness (QED) is 0.336. The highest BCUT2D eigenvalue weighted by atomic mass is 16.3. The van der Waals surface area contributed by atoms with Crippen LogP contribution in [0.1, 0.15) is 13.3 Å². The van der Waals surface area contributed by atoms with Gasteiger partial charge in [0.25, 0.3) is 0 Å². The molecule has 0 fully saturated rings. The van der Waals surface area contributed by atoms with Gasteiger partial charge in [-0.15, -0.1) is 0 Å². The van der Waals surface area contributed by atoms with Crippen LogP contribution in [0.25, 0.3) is 0 Å². The third kappa shape index (κ3) is 5.88. The van der Waals surface area contributed by atoms with Crippen molar-refractivity contribution in [2.24, 2.45) is 0 Å². The second-order valence-corrected chi connectivity index (χ2v) is 1.58. The van der Waals surface area contributed by atoms with Gasteiger partial charge in [-0.1, -0.05) is 6.92 Å². The lowest BCUT2D eigenvalue weighted by molar-refractivity contribution is 0.283. The second-order valence-electron chi connectivity index (χ2n) is 1.58. The van der Waals surface area contributed by atoms with Crippen molar-refractivity contribution >= 4 is 0 Å². The highest BCUT2D eigenvalue weighted by Gasteiger charge is 1.78. The summed E-state index contributed by atoms with van der Waals surface area (Å²) in [7, 11) is 0. The average molecular weight is 118 g/mol. The molecule has 0 saturated carbocycles. The fourth-order valence-electron chi connectivity index (χ4n) is 0.358. The minimum atomic E-state index is 0.191. The van der Waals surface area contributed by atoms with Crippen molar-refractivity contribution in [3.8, 4) is 0 Å². The highest BCUT2D eigenvalue weighted by molar-refractivity contribution is 4.36. The summed E-state index contributed by atoms with van der Waals surface area (Å²) < 4.78 is 0. The van der Waals surface area contributed by atoms with E-state index in [-0.39, 0.29) is 6.61 Å². The Morgan fingerprint density at radius 1 is 1.25 bits per heavy atom. The van der Waals surface area contributed by atoms with Crippen LogP contribution in [-0.2, 0) is 0 Å². The highest BCUT2D eigenvalue weighted by Crippen LogP contribution is 1.64. The van der Waals surface area contributed by atoms with Gasteiger partial charge in [-0.05, 0) is 6.42 Å². The minimum absolute atomic E-state index is 0.191. The minimum Gasteiger partial charge on any atom is -0.395 e. The third-order valence-electron chi connectivity index (χ3n) is 0.737. The molecule has 0 radical (unpaired) electrons. The molecule has 0 rings (SSSR count). The molecule has 0 aromatic rings. The number of aliphatic hydroxyl groups is 1. The van der Waals surface area contributed by atoms with Crippen LogP contribution in [0, 0.1) is 0 Å². The molecule has 50 valence electrons. The summed E-state index contributed by atoms with van der Waals surface area (Å²) in [6, 6.07) is 0. The molecule has 8 heavy (non-hydrogen) atoms. The summed E-state index contributed by atoms with van der Waals surface area (Å²) in [4.78, 5) is 0. The summed E-state index contributed by atoms with van der Waals surface area (Å²) in [5, 5.41) is 8.26. The Hall–Kier alpha value is -0.120. The van der Waals surface area contributed by atoms with Crippen LogP contribution in [0.15, 0.2) is 0 Å². The van der Waals surface area contributed by atoms with Crippen LogP contribution in [0.2, 0.25) is 0 Å². The molecule has 0 aliphatic rings. The maximum atomic E-state index is 8.26. The normalized spacial score (nSPS) is 9.75. The molecule has 0 heterocycles. The van der Waals surface area contributed by atoms with Gasteiger partial charge >= 0.3 is 0 Å². The van der Waals surface area contributed by atoms with Gasteiger partial charge in [-0.3, -0.25) is 10.9 Å². The van der Waals surface area contributed by atoms with Gasteiger partial charge < -0.3 is 5.11 Å². The van der Waals surface area contributed by atoms with Crippen molar-refractivity contribution < 1.29 is 5.11 Å².